The van der Waals surface area contributed by atoms with E-state index in [9.17, 15) is 9.59 Å². The number of aromatic nitrogens is 1. The zero-order valence-corrected chi connectivity index (χ0v) is 14.8. The van der Waals surface area contributed by atoms with E-state index < -0.39 is 0 Å². The van der Waals surface area contributed by atoms with Crippen molar-refractivity contribution in [2.24, 2.45) is 0 Å². The van der Waals surface area contributed by atoms with Gasteiger partial charge in [0, 0.05) is 38.8 Å². The van der Waals surface area contributed by atoms with E-state index in [1.807, 2.05) is 30.3 Å². The Morgan fingerprint density at radius 3 is 2.23 bits per heavy atom. The molecule has 1 amide bonds. The average molecular weight is 346 g/mol. The van der Waals surface area contributed by atoms with Crippen LogP contribution in [-0.4, -0.2) is 22.4 Å². The van der Waals surface area contributed by atoms with Gasteiger partial charge >= 0.3 is 0 Å². The summed E-state index contributed by atoms with van der Waals surface area (Å²) in [5, 5.41) is 0. The van der Waals surface area contributed by atoms with Crippen molar-refractivity contribution in [3.8, 4) is 11.1 Å². The number of hydrogen-bond donors (Lipinski definition) is 0. The highest BCUT2D eigenvalue weighted by atomic mass is 16.2. The number of benzene rings is 2. The topological polar surface area (TPSA) is 42.3 Å². The van der Waals surface area contributed by atoms with Gasteiger partial charge in [-0.15, -0.1) is 0 Å². The van der Waals surface area contributed by atoms with E-state index in [4.69, 9.17) is 0 Å². The maximum absolute atomic E-state index is 12.3. The standard InChI is InChI=1S/C22H22N2O2/c1-23(21(25)14-16-24-15-6-5-9-22(24)26)17-18-10-12-20(13-11-18)19-7-3-2-4-8-19/h2-13,15H,14,16-17H2,1H3. The van der Waals surface area contributed by atoms with E-state index in [0.717, 1.165) is 11.1 Å². The molecule has 4 heteroatoms. The minimum Gasteiger partial charge on any atom is -0.341 e. The van der Waals surface area contributed by atoms with Gasteiger partial charge in [0.2, 0.25) is 5.91 Å². The number of aryl methyl sites for hydroxylation is 1. The summed E-state index contributed by atoms with van der Waals surface area (Å²) < 4.78 is 1.56. The van der Waals surface area contributed by atoms with Crippen molar-refractivity contribution in [1.29, 1.82) is 0 Å². The van der Waals surface area contributed by atoms with Crippen LogP contribution < -0.4 is 5.56 Å². The van der Waals surface area contributed by atoms with Gasteiger partial charge in [-0.05, 0) is 22.8 Å². The summed E-state index contributed by atoms with van der Waals surface area (Å²) in [6, 6.07) is 23.5. The van der Waals surface area contributed by atoms with Gasteiger partial charge in [0.25, 0.3) is 5.56 Å². The average Bonchev–Trinajstić information content (AvgIpc) is 2.68. The molecule has 0 saturated carbocycles. The molecule has 0 aliphatic carbocycles. The van der Waals surface area contributed by atoms with E-state index >= 15 is 0 Å². The second-order valence-electron chi connectivity index (χ2n) is 6.30. The SMILES string of the molecule is CN(Cc1ccc(-c2ccccc2)cc1)C(=O)CCn1ccccc1=O. The van der Waals surface area contributed by atoms with Gasteiger partial charge in [-0.3, -0.25) is 9.59 Å². The molecule has 0 saturated heterocycles. The highest BCUT2D eigenvalue weighted by molar-refractivity contribution is 5.75. The monoisotopic (exact) mass is 346 g/mol. The van der Waals surface area contributed by atoms with Crippen molar-refractivity contribution >= 4 is 5.91 Å². The van der Waals surface area contributed by atoms with Crippen molar-refractivity contribution in [3.05, 3.63) is 94.9 Å². The maximum Gasteiger partial charge on any atom is 0.250 e. The van der Waals surface area contributed by atoms with Crippen LogP contribution in [0.15, 0.2) is 83.8 Å². The molecular formula is C22H22N2O2. The fourth-order valence-electron chi connectivity index (χ4n) is 2.85. The first-order valence-electron chi connectivity index (χ1n) is 8.67. The van der Waals surface area contributed by atoms with Crippen LogP contribution in [0.3, 0.4) is 0 Å². The van der Waals surface area contributed by atoms with Crippen molar-refractivity contribution < 1.29 is 4.79 Å². The van der Waals surface area contributed by atoms with Crippen LogP contribution in [0, 0.1) is 0 Å². The lowest BCUT2D eigenvalue weighted by Gasteiger charge is -2.18. The minimum atomic E-state index is -0.0838. The molecule has 0 atom stereocenters. The largest absolute Gasteiger partial charge is 0.341 e. The maximum atomic E-state index is 12.3. The molecule has 0 aliphatic heterocycles. The van der Waals surface area contributed by atoms with Crippen molar-refractivity contribution in [2.45, 2.75) is 19.5 Å². The molecule has 0 spiro atoms. The Labute approximate surface area is 153 Å². The first-order valence-corrected chi connectivity index (χ1v) is 8.67. The first-order chi connectivity index (χ1) is 12.6. The Morgan fingerprint density at radius 1 is 0.885 bits per heavy atom. The fourth-order valence-corrected chi connectivity index (χ4v) is 2.85. The molecule has 26 heavy (non-hydrogen) atoms. The van der Waals surface area contributed by atoms with Gasteiger partial charge in [-0.25, -0.2) is 0 Å². The number of nitrogens with zero attached hydrogens (tertiary/aromatic N) is 2. The Balaban J connectivity index is 1.57. The van der Waals surface area contributed by atoms with Gasteiger partial charge in [-0.2, -0.15) is 0 Å². The van der Waals surface area contributed by atoms with Crippen LogP contribution >= 0.6 is 0 Å². The molecule has 132 valence electrons. The normalized spacial score (nSPS) is 10.5. The molecule has 0 unspecified atom stereocenters. The Kier molecular flexibility index (Phi) is 5.64. The number of rotatable bonds is 6. The van der Waals surface area contributed by atoms with Crippen LogP contribution in [-0.2, 0) is 17.9 Å². The molecule has 1 heterocycles. The second kappa shape index (κ2) is 8.30. The number of carbonyl (C=O) groups excluding carboxylic acids is 1. The lowest BCUT2D eigenvalue weighted by molar-refractivity contribution is -0.130. The molecule has 3 aromatic rings. The van der Waals surface area contributed by atoms with Gasteiger partial charge in [-0.1, -0.05) is 60.7 Å². The van der Waals surface area contributed by atoms with Crippen LogP contribution in [0.1, 0.15) is 12.0 Å². The van der Waals surface area contributed by atoms with Crippen LogP contribution in [0.25, 0.3) is 11.1 Å². The van der Waals surface area contributed by atoms with E-state index in [-0.39, 0.29) is 11.5 Å². The molecule has 2 aromatic carbocycles. The van der Waals surface area contributed by atoms with Crippen molar-refractivity contribution in [2.75, 3.05) is 7.05 Å². The summed E-state index contributed by atoms with van der Waals surface area (Å²) in [5.74, 6) is 0.0212. The van der Waals surface area contributed by atoms with E-state index in [2.05, 4.69) is 24.3 Å². The predicted octanol–water partition coefficient (Wildman–Crippen LogP) is 3.56. The molecule has 0 bridgehead atoms. The number of amides is 1. The Hall–Kier alpha value is -3.14. The third-order valence-electron chi connectivity index (χ3n) is 4.37. The molecule has 0 aliphatic rings. The van der Waals surface area contributed by atoms with Gasteiger partial charge in [0.15, 0.2) is 0 Å². The fraction of sp³-hybridized carbons (Fsp3) is 0.182. The minimum absolute atomic E-state index is 0.0212. The van der Waals surface area contributed by atoms with Crippen molar-refractivity contribution in [3.63, 3.8) is 0 Å². The van der Waals surface area contributed by atoms with Crippen LogP contribution in [0.4, 0.5) is 0 Å². The highest BCUT2D eigenvalue weighted by Crippen LogP contribution is 2.19. The Bertz CT molecular complexity index is 915. The Morgan fingerprint density at radius 2 is 1.54 bits per heavy atom. The number of carbonyl (C=O) groups is 1. The third kappa shape index (κ3) is 4.48. The summed E-state index contributed by atoms with van der Waals surface area (Å²) >= 11 is 0. The van der Waals surface area contributed by atoms with E-state index in [1.54, 1.807) is 34.8 Å². The van der Waals surface area contributed by atoms with Gasteiger partial charge in [0.05, 0.1) is 0 Å². The van der Waals surface area contributed by atoms with E-state index in [1.165, 1.54) is 11.6 Å². The smallest absolute Gasteiger partial charge is 0.250 e. The molecule has 1 aromatic heterocycles. The quantitative estimate of drug-likeness (QED) is 0.685. The molecular weight excluding hydrogens is 324 g/mol. The summed E-state index contributed by atoms with van der Waals surface area (Å²) in [4.78, 5) is 25.7. The number of pyridine rings is 1. The van der Waals surface area contributed by atoms with Gasteiger partial charge < -0.3 is 9.47 Å². The molecule has 0 radical (unpaired) electrons. The lowest BCUT2D eigenvalue weighted by atomic mass is 10.0. The highest BCUT2D eigenvalue weighted by Gasteiger charge is 2.10. The van der Waals surface area contributed by atoms with Crippen LogP contribution in [0.5, 0.6) is 0 Å². The lowest BCUT2D eigenvalue weighted by Crippen LogP contribution is -2.28. The summed E-state index contributed by atoms with van der Waals surface area (Å²) in [5.41, 5.74) is 3.33. The molecule has 0 N–H and O–H groups in total. The first kappa shape index (κ1) is 17.7. The zero-order chi connectivity index (χ0) is 18.4. The number of hydrogen-bond acceptors (Lipinski definition) is 2. The summed E-state index contributed by atoms with van der Waals surface area (Å²) in [6.45, 7) is 0.952. The van der Waals surface area contributed by atoms with Gasteiger partial charge in [0.1, 0.15) is 0 Å². The van der Waals surface area contributed by atoms with E-state index in [0.29, 0.717) is 19.5 Å². The summed E-state index contributed by atoms with van der Waals surface area (Å²) in [7, 11) is 1.79. The van der Waals surface area contributed by atoms with Crippen molar-refractivity contribution in [1.82, 2.24) is 9.47 Å². The predicted molar refractivity (Wildman–Crippen MR) is 104 cm³/mol. The third-order valence-corrected chi connectivity index (χ3v) is 4.37. The second-order valence-corrected chi connectivity index (χ2v) is 6.30. The molecule has 4 nitrogen and oxygen atoms in total. The molecule has 0 fully saturated rings. The zero-order valence-electron chi connectivity index (χ0n) is 14.8. The molecule has 3 rings (SSSR count). The summed E-state index contributed by atoms with van der Waals surface area (Å²) in [6.07, 6.45) is 2.01. The van der Waals surface area contributed by atoms with Crippen LogP contribution in [0.2, 0.25) is 0 Å².